The number of carbonyl (C=O) groups excluding carboxylic acids is 2. The summed E-state index contributed by atoms with van der Waals surface area (Å²) in [5.41, 5.74) is 1.13. The fourth-order valence-corrected chi connectivity index (χ4v) is 2.88. The quantitative estimate of drug-likeness (QED) is 0.505. The summed E-state index contributed by atoms with van der Waals surface area (Å²) >= 11 is 0. The second-order valence-corrected chi connectivity index (χ2v) is 5.42. The highest BCUT2D eigenvalue weighted by Crippen LogP contribution is 2.35. The topological polar surface area (TPSA) is 52.6 Å². The first kappa shape index (κ1) is 17.7. The zero-order valence-electron chi connectivity index (χ0n) is 13.6. The van der Waals surface area contributed by atoms with Crippen LogP contribution in [0.3, 0.4) is 0 Å². The van der Waals surface area contributed by atoms with Crippen LogP contribution in [0.25, 0.3) is 0 Å². The van der Waals surface area contributed by atoms with Crippen LogP contribution >= 0.6 is 0 Å². The summed E-state index contributed by atoms with van der Waals surface area (Å²) in [4.78, 5) is 24.6. The van der Waals surface area contributed by atoms with Crippen LogP contribution in [0.4, 0.5) is 0 Å². The Hall–Kier alpha value is -1.32. The molecule has 1 fully saturated rings. The first-order valence-electron chi connectivity index (χ1n) is 8.22. The lowest BCUT2D eigenvalue weighted by Crippen LogP contribution is -2.21. The molecule has 0 amide bonds. The predicted molar refractivity (Wildman–Crippen MR) is 81.8 cm³/mol. The number of hydrogen-bond acceptors (Lipinski definition) is 4. The molecule has 1 aliphatic rings. The van der Waals surface area contributed by atoms with Gasteiger partial charge in [0.25, 0.3) is 0 Å². The van der Waals surface area contributed by atoms with Gasteiger partial charge in [-0.25, -0.2) is 9.59 Å². The molecule has 1 saturated carbocycles. The molecule has 4 nitrogen and oxygen atoms in total. The maximum atomic E-state index is 12.4. The van der Waals surface area contributed by atoms with Gasteiger partial charge in [-0.15, -0.1) is 0 Å². The molecule has 0 aromatic rings. The highest BCUT2D eigenvalue weighted by molar-refractivity contribution is 6.00. The minimum atomic E-state index is -0.346. The van der Waals surface area contributed by atoms with Crippen LogP contribution in [0.1, 0.15) is 65.7 Å². The van der Waals surface area contributed by atoms with Gasteiger partial charge in [0.15, 0.2) is 0 Å². The molecule has 0 aliphatic heterocycles. The fraction of sp³-hybridized carbons (Fsp3) is 0.765. The van der Waals surface area contributed by atoms with Crippen LogP contribution in [0, 0.1) is 5.92 Å². The van der Waals surface area contributed by atoms with Crippen LogP contribution in [0.2, 0.25) is 0 Å². The summed E-state index contributed by atoms with van der Waals surface area (Å²) in [6.07, 6.45) is 6.59. The number of hydrogen-bond donors (Lipinski definition) is 0. The van der Waals surface area contributed by atoms with Gasteiger partial charge in [0.05, 0.1) is 18.8 Å². The predicted octanol–water partition coefficient (Wildman–Crippen LogP) is 3.79. The molecule has 0 aromatic carbocycles. The normalized spacial score (nSPS) is 16.5. The smallest absolute Gasteiger partial charge is 0.334 e. The molecular formula is C17H28O4. The third kappa shape index (κ3) is 5.18. The Morgan fingerprint density at radius 1 is 0.952 bits per heavy atom. The molecule has 0 unspecified atom stereocenters. The standard InChI is InChI=1S/C17H28O4/c1-4-7-12-14(16(18)20-5-2)15(17(19)21-6-3)13-10-8-9-11-13/h13H,4-12H2,1-3H3/b15-14-. The average Bonchev–Trinajstić information content (AvgIpc) is 2.97. The van der Waals surface area contributed by atoms with Crippen molar-refractivity contribution < 1.29 is 19.1 Å². The Morgan fingerprint density at radius 3 is 2.05 bits per heavy atom. The Kier molecular flexibility index (Phi) is 8.09. The van der Waals surface area contributed by atoms with E-state index in [4.69, 9.17) is 9.47 Å². The maximum Gasteiger partial charge on any atom is 0.334 e. The highest BCUT2D eigenvalue weighted by atomic mass is 16.5. The van der Waals surface area contributed by atoms with Crippen molar-refractivity contribution in [2.75, 3.05) is 13.2 Å². The molecule has 0 saturated heterocycles. The largest absolute Gasteiger partial charge is 0.463 e. The lowest BCUT2D eigenvalue weighted by Gasteiger charge is -2.18. The van der Waals surface area contributed by atoms with Gasteiger partial charge in [-0.05, 0) is 45.4 Å². The molecule has 0 heterocycles. The molecule has 0 spiro atoms. The lowest BCUT2D eigenvalue weighted by molar-refractivity contribution is -0.142. The summed E-state index contributed by atoms with van der Waals surface area (Å²) in [5.74, 6) is -0.523. The van der Waals surface area contributed by atoms with E-state index in [1.165, 1.54) is 0 Å². The van der Waals surface area contributed by atoms with E-state index in [9.17, 15) is 9.59 Å². The van der Waals surface area contributed by atoms with Crippen molar-refractivity contribution in [1.82, 2.24) is 0 Å². The molecule has 1 aliphatic carbocycles. The zero-order valence-corrected chi connectivity index (χ0v) is 13.6. The Balaban J connectivity index is 3.13. The Labute approximate surface area is 127 Å². The molecule has 120 valence electrons. The number of unbranched alkanes of at least 4 members (excludes halogenated alkanes) is 1. The van der Waals surface area contributed by atoms with E-state index < -0.39 is 0 Å². The van der Waals surface area contributed by atoms with Crippen LogP contribution in [-0.2, 0) is 19.1 Å². The van der Waals surface area contributed by atoms with E-state index in [-0.39, 0.29) is 17.9 Å². The summed E-state index contributed by atoms with van der Waals surface area (Å²) in [5, 5.41) is 0. The SMILES string of the molecule is CCCC/C(C(=O)OCC)=C(/C(=O)OCC)C1CCCC1. The van der Waals surface area contributed by atoms with Crippen molar-refractivity contribution in [1.29, 1.82) is 0 Å². The summed E-state index contributed by atoms with van der Waals surface area (Å²) in [6.45, 7) is 6.31. The van der Waals surface area contributed by atoms with Crippen molar-refractivity contribution in [2.45, 2.75) is 65.7 Å². The number of carbonyl (C=O) groups is 2. The molecular weight excluding hydrogens is 268 g/mol. The van der Waals surface area contributed by atoms with Gasteiger partial charge in [0.2, 0.25) is 0 Å². The van der Waals surface area contributed by atoms with Gasteiger partial charge in [-0.2, -0.15) is 0 Å². The van der Waals surface area contributed by atoms with Crippen molar-refractivity contribution in [3.05, 3.63) is 11.1 Å². The van der Waals surface area contributed by atoms with Crippen molar-refractivity contribution in [3.63, 3.8) is 0 Å². The number of esters is 2. The molecule has 4 heteroatoms. The van der Waals surface area contributed by atoms with Crippen molar-refractivity contribution in [3.8, 4) is 0 Å². The molecule has 21 heavy (non-hydrogen) atoms. The second kappa shape index (κ2) is 9.59. The minimum absolute atomic E-state index is 0.153. The fourth-order valence-electron chi connectivity index (χ4n) is 2.88. The van der Waals surface area contributed by atoms with Gasteiger partial charge in [0, 0.05) is 5.57 Å². The van der Waals surface area contributed by atoms with Gasteiger partial charge < -0.3 is 9.47 Å². The first-order chi connectivity index (χ1) is 10.2. The van der Waals surface area contributed by atoms with Gasteiger partial charge in [-0.3, -0.25) is 0 Å². The monoisotopic (exact) mass is 296 g/mol. The third-order valence-corrected chi connectivity index (χ3v) is 3.89. The molecule has 1 rings (SSSR count). The summed E-state index contributed by atoms with van der Waals surface area (Å²) in [7, 11) is 0. The highest BCUT2D eigenvalue weighted by Gasteiger charge is 2.31. The summed E-state index contributed by atoms with van der Waals surface area (Å²) in [6, 6.07) is 0. The minimum Gasteiger partial charge on any atom is -0.463 e. The Bertz CT molecular complexity index is 378. The van der Waals surface area contributed by atoms with E-state index in [2.05, 4.69) is 6.92 Å². The molecule has 0 aromatic heterocycles. The van der Waals surface area contributed by atoms with E-state index >= 15 is 0 Å². The number of rotatable bonds is 8. The zero-order chi connectivity index (χ0) is 15.7. The van der Waals surface area contributed by atoms with E-state index in [0.29, 0.717) is 30.8 Å². The summed E-state index contributed by atoms with van der Waals surface area (Å²) < 4.78 is 10.4. The van der Waals surface area contributed by atoms with Crippen molar-refractivity contribution in [2.24, 2.45) is 5.92 Å². The number of ether oxygens (including phenoxy) is 2. The molecule has 0 atom stereocenters. The Morgan fingerprint density at radius 2 is 1.52 bits per heavy atom. The van der Waals surface area contributed by atoms with Gasteiger partial charge in [-0.1, -0.05) is 26.2 Å². The van der Waals surface area contributed by atoms with Crippen LogP contribution < -0.4 is 0 Å². The third-order valence-electron chi connectivity index (χ3n) is 3.89. The first-order valence-corrected chi connectivity index (χ1v) is 8.22. The van der Waals surface area contributed by atoms with Crippen molar-refractivity contribution >= 4 is 11.9 Å². The lowest BCUT2D eigenvalue weighted by atomic mass is 9.90. The average molecular weight is 296 g/mol. The van der Waals surface area contributed by atoms with Crippen LogP contribution in [-0.4, -0.2) is 25.2 Å². The van der Waals surface area contributed by atoms with Gasteiger partial charge in [0.1, 0.15) is 0 Å². The molecule has 0 N–H and O–H groups in total. The maximum absolute atomic E-state index is 12.4. The molecule has 0 bridgehead atoms. The second-order valence-electron chi connectivity index (χ2n) is 5.42. The van der Waals surface area contributed by atoms with Gasteiger partial charge >= 0.3 is 11.9 Å². The van der Waals surface area contributed by atoms with E-state index in [0.717, 1.165) is 38.5 Å². The van der Waals surface area contributed by atoms with E-state index in [1.807, 2.05) is 0 Å². The van der Waals surface area contributed by atoms with Crippen LogP contribution in [0.5, 0.6) is 0 Å². The van der Waals surface area contributed by atoms with Crippen LogP contribution in [0.15, 0.2) is 11.1 Å². The molecule has 0 radical (unpaired) electrons. The van der Waals surface area contributed by atoms with E-state index in [1.54, 1.807) is 13.8 Å².